The van der Waals surface area contributed by atoms with Crippen LogP contribution in [0.5, 0.6) is 0 Å². The van der Waals surface area contributed by atoms with Crippen molar-refractivity contribution in [1.82, 2.24) is 9.29 Å². The molecule has 146 valence electrons. The number of rotatable bonds is 5. The number of hydrogen-bond donors (Lipinski definition) is 1. The van der Waals surface area contributed by atoms with Crippen LogP contribution in [0.4, 0.5) is 0 Å². The van der Waals surface area contributed by atoms with E-state index in [9.17, 15) is 18.0 Å². The summed E-state index contributed by atoms with van der Waals surface area (Å²) in [5.41, 5.74) is 6.86. The van der Waals surface area contributed by atoms with E-state index in [0.717, 1.165) is 5.56 Å². The van der Waals surface area contributed by atoms with Crippen LogP contribution >= 0.6 is 0 Å². The molecular weight excluding hydrogens is 384 g/mol. The zero-order valence-electron chi connectivity index (χ0n) is 15.0. The molecule has 1 aromatic heterocycles. The van der Waals surface area contributed by atoms with Crippen LogP contribution in [0.3, 0.4) is 0 Å². The smallest absolute Gasteiger partial charge is 0.358 e. The molecule has 1 atom stereocenters. The Morgan fingerprint density at radius 3 is 2.61 bits per heavy atom. The third kappa shape index (κ3) is 3.86. The van der Waals surface area contributed by atoms with E-state index >= 15 is 0 Å². The second kappa shape index (κ2) is 7.77. The summed E-state index contributed by atoms with van der Waals surface area (Å²) in [7, 11) is -4.20. The van der Waals surface area contributed by atoms with Gasteiger partial charge in [-0.25, -0.2) is 17.5 Å². The number of sulfonamides is 1. The maximum atomic E-state index is 12.9. The first-order chi connectivity index (χ1) is 13.3. The average molecular weight is 402 g/mol. The number of carbonyl (C=O) groups excluding carboxylic acids is 2. The first-order valence-electron chi connectivity index (χ1n) is 8.40. The minimum Gasteiger partial charge on any atom is -0.379 e. The molecule has 28 heavy (non-hydrogen) atoms. The van der Waals surface area contributed by atoms with Crippen molar-refractivity contribution < 1.29 is 22.8 Å². The number of amides is 1. The molecule has 1 fully saturated rings. The van der Waals surface area contributed by atoms with Crippen LogP contribution in [0.2, 0.25) is 0 Å². The number of oxime groups is 1. The lowest BCUT2D eigenvalue weighted by Gasteiger charge is -2.22. The van der Waals surface area contributed by atoms with E-state index in [-0.39, 0.29) is 23.6 Å². The van der Waals surface area contributed by atoms with Crippen LogP contribution in [0.15, 0.2) is 58.7 Å². The van der Waals surface area contributed by atoms with Crippen molar-refractivity contribution in [1.29, 1.82) is 0 Å². The topological polar surface area (TPSA) is 132 Å². The van der Waals surface area contributed by atoms with E-state index in [4.69, 9.17) is 10.6 Å². The second-order valence-electron chi connectivity index (χ2n) is 6.16. The number of hydrogen-bond acceptors (Lipinski definition) is 7. The van der Waals surface area contributed by atoms with Crippen LogP contribution in [0, 0.1) is 6.92 Å². The summed E-state index contributed by atoms with van der Waals surface area (Å²) in [6.45, 7) is 1.81. The lowest BCUT2D eigenvalue weighted by atomic mass is 10.2. The van der Waals surface area contributed by atoms with Gasteiger partial charge in [-0.15, -0.1) is 0 Å². The Labute approximate surface area is 161 Å². The van der Waals surface area contributed by atoms with Gasteiger partial charge in [-0.05, 0) is 37.6 Å². The summed E-state index contributed by atoms with van der Waals surface area (Å²) in [6.07, 6.45) is 1.40. The molecule has 0 radical (unpaired) electrons. The Morgan fingerprint density at radius 1 is 1.25 bits per heavy atom. The van der Waals surface area contributed by atoms with E-state index < -0.39 is 27.9 Å². The predicted molar refractivity (Wildman–Crippen MR) is 99.3 cm³/mol. The highest BCUT2D eigenvalue weighted by Gasteiger charge is 2.45. The highest BCUT2D eigenvalue weighted by molar-refractivity contribution is 7.89. The van der Waals surface area contributed by atoms with E-state index in [1.807, 2.05) is 6.92 Å². The van der Waals surface area contributed by atoms with E-state index in [2.05, 4.69) is 10.1 Å². The Balaban J connectivity index is 1.82. The fourth-order valence-corrected chi connectivity index (χ4v) is 4.31. The molecular formula is C18H18N4O5S. The van der Waals surface area contributed by atoms with E-state index in [0.29, 0.717) is 10.00 Å². The Morgan fingerprint density at radius 2 is 1.96 bits per heavy atom. The number of nitrogens with two attached hydrogens (primary N) is 1. The number of aromatic nitrogens is 1. The van der Waals surface area contributed by atoms with Crippen LogP contribution in [0.1, 0.15) is 24.1 Å². The zero-order chi connectivity index (χ0) is 20.3. The molecule has 2 N–H and O–H groups in total. The highest BCUT2D eigenvalue weighted by Crippen LogP contribution is 2.28. The quantitative estimate of drug-likeness (QED) is 0.340. The normalized spacial score (nSPS) is 17.6. The molecule has 10 heteroatoms. The van der Waals surface area contributed by atoms with Gasteiger partial charge < -0.3 is 10.6 Å². The third-order valence-corrected chi connectivity index (χ3v) is 6.02. The SMILES string of the molecule is Cc1ccc(S(=O)(=O)N2C(=O)CC[C@@H]2C(=O)O/N=C(/N)c2ccccn2)cc1. The first-order valence-corrected chi connectivity index (χ1v) is 9.84. The molecule has 0 unspecified atom stereocenters. The molecule has 0 spiro atoms. The third-order valence-electron chi connectivity index (χ3n) is 4.17. The summed E-state index contributed by atoms with van der Waals surface area (Å²) < 4.78 is 26.3. The van der Waals surface area contributed by atoms with Crippen molar-refractivity contribution in [2.24, 2.45) is 10.9 Å². The van der Waals surface area contributed by atoms with Crippen LogP contribution in [-0.2, 0) is 24.4 Å². The average Bonchev–Trinajstić information content (AvgIpc) is 3.09. The zero-order valence-corrected chi connectivity index (χ0v) is 15.8. The van der Waals surface area contributed by atoms with Gasteiger partial charge in [-0.3, -0.25) is 9.78 Å². The Kier molecular flexibility index (Phi) is 5.41. The molecule has 0 aliphatic carbocycles. The van der Waals surface area contributed by atoms with Gasteiger partial charge in [0.05, 0.1) is 4.90 Å². The molecule has 2 aromatic rings. The molecule has 0 saturated carbocycles. The fourth-order valence-electron chi connectivity index (χ4n) is 2.72. The fraction of sp³-hybridized carbons (Fsp3) is 0.222. The number of amidine groups is 1. The molecule has 1 amide bonds. The van der Waals surface area contributed by atoms with Crippen molar-refractivity contribution >= 4 is 27.7 Å². The van der Waals surface area contributed by atoms with Crippen molar-refractivity contribution in [3.63, 3.8) is 0 Å². The van der Waals surface area contributed by atoms with Crippen molar-refractivity contribution in [2.75, 3.05) is 0 Å². The largest absolute Gasteiger partial charge is 0.379 e. The Hall–Kier alpha value is -3.27. The molecule has 3 rings (SSSR count). The molecule has 1 aliphatic heterocycles. The second-order valence-corrected chi connectivity index (χ2v) is 7.98. The van der Waals surface area contributed by atoms with E-state index in [1.165, 1.54) is 18.3 Å². The Bertz CT molecular complexity index is 1020. The van der Waals surface area contributed by atoms with Crippen molar-refractivity contribution in [3.8, 4) is 0 Å². The minimum absolute atomic E-state index is 0.00176. The molecule has 1 aliphatic rings. The van der Waals surface area contributed by atoms with Gasteiger partial charge in [0.25, 0.3) is 10.0 Å². The summed E-state index contributed by atoms with van der Waals surface area (Å²) in [4.78, 5) is 33.3. The summed E-state index contributed by atoms with van der Waals surface area (Å²) in [5, 5.41) is 3.51. The number of pyridine rings is 1. The summed E-state index contributed by atoms with van der Waals surface area (Å²) in [6, 6.07) is 9.61. The monoisotopic (exact) mass is 402 g/mol. The van der Waals surface area contributed by atoms with Gasteiger partial charge in [-0.1, -0.05) is 28.9 Å². The van der Waals surface area contributed by atoms with Gasteiger partial charge in [-0.2, -0.15) is 0 Å². The lowest BCUT2D eigenvalue weighted by Crippen LogP contribution is -2.43. The van der Waals surface area contributed by atoms with Crippen LogP contribution in [-0.4, -0.2) is 41.5 Å². The standard InChI is InChI=1S/C18H18N4O5S/c1-12-5-7-13(8-6-12)28(25,26)22-15(9-10-16(22)23)18(24)27-21-17(19)14-4-2-3-11-20-14/h2-8,11,15H,9-10H2,1H3,(H2,19,21)/t15-/m1/s1. The van der Waals surface area contributed by atoms with Crippen LogP contribution in [0.25, 0.3) is 0 Å². The number of nitrogens with zero attached hydrogens (tertiary/aromatic N) is 3. The highest BCUT2D eigenvalue weighted by atomic mass is 32.2. The number of benzene rings is 1. The predicted octanol–water partition coefficient (Wildman–Crippen LogP) is 0.933. The minimum atomic E-state index is -4.20. The van der Waals surface area contributed by atoms with E-state index in [1.54, 1.807) is 30.3 Å². The maximum absolute atomic E-state index is 12.9. The summed E-state index contributed by atoms with van der Waals surface area (Å²) >= 11 is 0. The van der Waals surface area contributed by atoms with Crippen molar-refractivity contribution in [3.05, 3.63) is 59.9 Å². The van der Waals surface area contributed by atoms with Crippen LogP contribution < -0.4 is 5.73 Å². The lowest BCUT2D eigenvalue weighted by molar-refractivity contribution is -0.149. The van der Waals surface area contributed by atoms with Gasteiger partial charge in [0.1, 0.15) is 11.7 Å². The molecule has 1 aromatic carbocycles. The van der Waals surface area contributed by atoms with Gasteiger partial charge in [0.2, 0.25) is 5.91 Å². The first kappa shape index (κ1) is 19.5. The molecule has 9 nitrogen and oxygen atoms in total. The molecule has 1 saturated heterocycles. The summed E-state index contributed by atoms with van der Waals surface area (Å²) in [5.74, 6) is -1.81. The van der Waals surface area contributed by atoms with Gasteiger partial charge >= 0.3 is 5.97 Å². The van der Waals surface area contributed by atoms with Gasteiger partial charge in [0.15, 0.2) is 5.84 Å². The van der Waals surface area contributed by atoms with Crippen molar-refractivity contribution in [2.45, 2.75) is 30.7 Å². The molecule has 0 bridgehead atoms. The number of aryl methyl sites for hydroxylation is 1. The maximum Gasteiger partial charge on any atom is 0.358 e. The number of carbonyl (C=O) groups is 2. The van der Waals surface area contributed by atoms with Gasteiger partial charge in [0, 0.05) is 12.6 Å². The molecule has 2 heterocycles.